The summed E-state index contributed by atoms with van der Waals surface area (Å²) in [7, 11) is 0.548. The van der Waals surface area contributed by atoms with E-state index in [1.165, 1.54) is 83.2 Å². The number of aromatic nitrogens is 1. The lowest BCUT2D eigenvalue weighted by atomic mass is 9.49. The molecule has 1 aromatic heterocycles. The maximum absolute atomic E-state index is 12.9. The average Bonchev–Trinajstić information content (AvgIpc) is 3.21. The Kier molecular flexibility index (Phi) is 5.34. The summed E-state index contributed by atoms with van der Waals surface area (Å²) in [5, 5.41) is 5.55. The molecule has 1 aromatic carbocycles. The van der Waals surface area contributed by atoms with Crippen LogP contribution in [-0.4, -0.2) is 44.8 Å². The molecule has 2 aromatic rings. The summed E-state index contributed by atoms with van der Waals surface area (Å²) in [4.78, 5) is 17.7. The van der Waals surface area contributed by atoms with E-state index in [0.717, 1.165) is 27.8 Å². The molecule has 4 aliphatic carbocycles. The number of carbonyl (C=O) groups is 1. The van der Waals surface area contributed by atoms with Crippen LogP contribution in [0.2, 0.25) is 0 Å². The number of rotatable bonds is 6. The molecule has 0 atom stereocenters. The van der Waals surface area contributed by atoms with Crippen LogP contribution in [0.5, 0.6) is 5.75 Å². The highest BCUT2D eigenvalue weighted by molar-refractivity contribution is 7.89. The maximum atomic E-state index is 12.9. The second-order valence-electron chi connectivity index (χ2n) is 9.84. The summed E-state index contributed by atoms with van der Waals surface area (Å²) in [6.45, 7) is 0. The number of hydrogen-bond donors (Lipinski definition) is 1. The number of sulfonamides is 1. The van der Waals surface area contributed by atoms with Gasteiger partial charge in [-0.25, -0.2) is 17.7 Å². The summed E-state index contributed by atoms with van der Waals surface area (Å²) in [5.74, 6) is 2.31. The summed E-state index contributed by atoms with van der Waals surface area (Å²) < 4.78 is 31.6. The smallest absolute Gasteiger partial charge is 0.257 e. The lowest BCUT2D eigenvalue weighted by Gasteiger charge is -2.56. The number of benzene rings is 1. The van der Waals surface area contributed by atoms with Crippen molar-refractivity contribution in [2.45, 2.75) is 48.8 Å². The molecule has 32 heavy (non-hydrogen) atoms. The van der Waals surface area contributed by atoms with Gasteiger partial charge in [-0.3, -0.25) is 10.1 Å². The summed E-state index contributed by atoms with van der Waals surface area (Å²) >= 11 is 1.45. The van der Waals surface area contributed by atoms with Crippen LogP contribution in [0.4, 0.5) is 5.13 Å². The fourth-order valence-corrected chi connectivity index (χ4v) is 8.29. The molecular weight excluding hydrogens is 446 g/mol. The predicted molar refractivity (Wildman–Crippen MR) is 124 cm³/mol. The van der Waals surface area contributed by atoms with E-state index < -0.39 is 10.0 Å². The molecule has 0 unspecified atom stereocenters. The Morgan fingerprint density at radius 3 is 2.34 bits per heavy atom. The molecule has 9 heteroatoms. The van der Waals surface area contributed by atoms with Crippen molar-refractivity contribution in [2.75, 3.05) is 26.5 Å². The predicted octanol–water partition coefficient (Wildman–Crippen LogP) is 4.12. The highest BCUT2D eigenvalue weighted by atomic mass is 32.2. The highest BCUT2D eigenvalue weighted by Gasteiger charge is 2.52. The summed E-state index contributed by atoms with van der Waals surface area (Å²) in [6, 6.07) is 4.43. The quantitative estimate of drug-likeness (QED) is 0.679. The van der Waals surface area contributed by atoms with Crippen LogP contribution in [0, 0.1) is 17.8 Å². The van der Waals surface area contributed by atoms with E-state index in [2.05, 4.69) is 10.7 Å². The van der Waals surface area contributed by atoms with Gasteiger partial charge in [-0.2, -0.15) is 0 Å². The SMILES string of the molecule is COc1ccc(C(=O)Nc2nc(C34CC5CC(CC(C5)C3)C4)cs2)cc1S(=O)(=O)N(C)C. The van der Waals surface area contributed by atoms with E-state index in [1.54, 1.807) is 6.07 Å². The number of nitrogens with one attached hydrogen (secondary N) is 1. The van der Waals surface area contributed by atoms with Crippen LogP contribution >= 0.6 is 11.3 Å². The molecule has 0 radical (unpaired) electrons. The lowest BCUT2D eigenvalue weighted by Crippen LogP contribution is -2.48. The number of hydrogen-bond acceptors (Lipinski definition) is 6. The second-order valence-corrected chi connectivity index (χ2v) is 12.8. The van der Waals surface area contributed by atoms with E-state index in [1.807, 2.05) is 0 Å². The largest absolute Gasteiger partial charge is 0.495 e. The number of nitrogens with zero attached hydrogens (tertiary/aromatic N) is 2. The molecule has 4 bridgehead atoms. The molecular formula is C23H29N3O4S2. The van der Waals surface area contributed by atoms with Gasteiger partial charge < -0.3 is 4.74 Å². The lowest BCUT2D eigenvalue weighted by molar-refractivity contribution is -0.00688. The number of thiazole rings is 1. The Labute approximate surface area is 193 Å². The van der Waals surface area contributed by atoms with Crippen molar-refractivity contribution < 1.29 is 17.9 Å². The molecule has 4 fully saturated rings. The van der Waals surface area contributed by atoms with Crippen LogP contribution in [0.15, 0.2) is 28.5 Å². The van der Waals surface area contributed by atoms with Crippen molar-refractivity contribution in [2.24, 2.45) is 17.8 Å². The number of methoxy groups -OCH3 is 1. The first-order valence-electron chi connectivity index (χ1n) is 11.1. The fraction of sp³-hybridized carbons (Fsp3) is 0.565. The van der Waals surface area contributed by atoms with E-state index >= 15 is 0 Å². The van der Waals surface area contributed by atoms with Gasteiger partial charge >= 0.3 is 0 Å². The van der Waals surface area contributed by atoms with E-state index in [9.17, 15) is 13.2 Å². The summed E-state index contributed by atoms with van der Waals surface area (Å²) in [6.07, 6.45) is 7.80. The fourth-order valence-electron chi connectivity index (χ4n) is 6.38. The van der Waals surface area contributed by atoms with Crippen LogP contribution in [0.25, 0.3) is 0 Å². The standard InChI is InChI=1S/C23H29N3O4S2/c1-26(2)32(28,29)19-9-17(4-5-18(19)30-3)21(27)25-22-24-20(13-31-22)23-10-14-6-15(11-23)8-16(7-14)12-23/h4-5,9,13-16H,6-8,10-12H2,1-3H3,(H,24,25,27). The molecule has 4 saturated carbocycles. The van der Waals surface area contributed by atoms with E-state index in [0.29, 0.717) is 5.13 Å². The number of ether oxygens (including phenoxy) is 1. The minimum atomic E-state index is -3.76. The number of carbonyl (C=O) groups excluding carboxylic acids is 1. The highest BCUT2D eigenvalue weighted by Crippen LogP contribution is 2.60. The Morgan fingerprint density at radius 2 is 1.78 bits per heavy atom. The van der Waals surface area contributed by atoms with E-state index in [4.69, 9.17) is 9.72 Å². The molecule has 0 saturated heterocycles. The van der Waals surface area contributed by atoms with Gasteiger partial charge in [-0.1, -0.05) is 0 Å². The van der Waals surface area contributed by atoms with Gasteiger partial charge in [-0.15, -0.1) is 11.3 Å². The molecule has 7 nitrogen and oxygen atoms in total. The number of anilines is 1. The average molecular weight is 476 g/mol. The molecule has 0 aliphatic heterocycles. The molecule has 4 aliphatic rings. The van der Waals surface area contributed by atoms with Crippen molar-refractivity contribution in [3.8, 4) is 5.75 Å². The minimum absolute atomic E-state index is 0.0361. The molecule has 1 amide bonds. The zero-order valence-electron chi connectivity index (χ0n) is 18.6. The molecule has 6 rings (SSSR count). The first-order valence-corrected chi connectivity index (χ1v) is 13.4. The third-order valence-corrected chi connectivity index (χ3v) is 10.1. The van der Waals surface area contributed by atoms with Gasteiger partial charge in [0.25, 0.3) is 5.91 Å². The Morgan fingerprint density at radius 1 is 1.16 bits per heavy atom. The van der Waals surface area contributed by atoms with Gasteiger partial charge in [0, 0.05) is 30.5 Å². The third-order valence-electron chi connectivity index (χ3n) is 7.49. The molecule has 1 heterocycles. The molecule has 1 N–H and O–H groups in total. The number of amides is 1. The van der Waals surface area contributed by atoms with Crippen LogP contribution in [0.3, 0.4) is 0 Å². The van der Waals surface area contributed by atoms with Crippen molar-refractivity contribution >= 4 is 32.4 Å². The topological polar surface area (TPSA) is 88.6 Å². The molecule has 0 spiro atoms. The second kappa shape index (κ2) is 7.81. The van der Waals surface area contributed by atoms with Gasteiger partial charge in [0.05, 0.1) is 12.8 Å². The van der Waals surface area contributed by atoms with Crippen LogP contribution in [-0.2, 0) is 15.4 Å². The van der Waals surface area contributed by atoms with Crippen LogP contribution < -0.4 is 10.1 Å². The van der Waals surface area contributed by atoms with Gasteiger partial charge in [0.15, 0.2) is 5.13 Å². The van der Waals surface area contributed by atoms with Crippen molar-refractivity contribution in [3.05, 3.63) is 34.8 Å². The first-order chi connectivity index (χ1) is 15.2. The normalized spacial score (nSPS) is 28.8. The van der Waals surface area contributed by atoms with Gasteiger partial charge in [0.1, 0.15) is 10.6 Å². The van der Waals surface area contributed by atoms with Gasteiger partial charge in [-0.05, 0) is 74.5 Å². The van der Waals surface area contributed by atoms with E-state index in [-0.39, 0.29) is 27.5 Å². The first kappa shape index (κ1) is 21.9. The monoisotopic (exact) mass is 475 g/mol. The third kappa shape index (κ3) is 3.64. The van der Waals surface area contributed by atoms with Crippen molar-refractivity contribution in [1.82, 2.24) is 9.29 Å². The minimum Gasteiger partial charge on any atom is -0.495 e. The van der Waals surface area contributed by atoms with Crippen molar-refractivity contribution in [3.63, 3.8) is 0 Å². The van der Waals surface area contributed by atoms with Crippen LogP contribution in [0.1, 0.15) is 54.6 Å². The Bertz CT molecular complexity index is 1120. The zero-order valence-corrected chi connectivity index (χ0v) is 20.3. The van der Waals surface area contributed by atoms with Gasteiger partial charge in [0.2, 0.25) is 10.0 Å². The zero-order chi connectivity index (χ0) is 22.7. The summed E-state index contributed by atoms with van der Waals surface area (Å²) in [5.41, 5.74) is 1.56. The maximum Gasteiger partial charge on any atom is 0.257 e. The van der Waals surface area contributed by atoms with Crippen molar-refractivity contribution in [1.29, 1.82) is 0 Å². The Hall–Kier alpha value is -1.97. The molecule has 172 valence electrons. The Balaban J connectivity index is 1.37.